The molecule has 1 atom stereocenters. The highest BCUT2D eigenvalue weighted by Gasteiger charge is 2.24. The lowest BCUT2D eigenvalue weighted by molar-refractivity contribution is -0.158. The van der Waals surface area contributed by atoms with E-state index in [1.807, 2.05) is 20.8 Å². The quantitative estimate of drug-likeness (QED) is 0.397. The van der Waals surface area contributed by atoms with Crippen molar-refractivity contribution in [1.29, 1.82) is 0 Å². The average molecular weight is 230 g/mol. The lowest BCUT2D eigenvalue weighted by Gasteiger charge is -2.20. The molecule has 0 amide bonds. The van der Waals surface area contributed by atoms with Crippen molar-refractivity contribution in [2.24, 2.45) is 16.9 Å². The zero-order chi connectivity index (χ0) is 12.6. The predicted molar refractivity (Wildman–Crippen MR) is 65.7 cm³/mol. The van der Waals surface area contributed by atoms with Crippen LogP contribution in [0.25, 0.3) is 0 Å². The van der Waals surface area contributed by atoms with Crippen LogP contribution in [0.5, 0.6) is 0 Å². The van der Waals surface area contributed by atoms with Crippen LogP contribution in [0, 0.1) is 5.41 Å². The second-order valence-corrected chi connectivity index (χ2v) is 5.19. The Morgan fingerprint density at radius 1 is 1.19 bits per heavy atom. The summed E-state index contributed by atoms with van der Waals surface area (Å²) in [5.74, 6) is -0.234. The summed E-state index contributed by atoms with van der Waals surface area (Å²) in [7, 11) is 0. The maximum absolute atomic E-state index is 11.5. The number of esters is 1. The first kappa shape index (κ1) is 15.4. The van der Waals surface area contributed by atoms with Crippen LogP contribution < -0.4 is 11.5 Å². The van der Waals surface area contributed by atoms with Gasteiger partial charge in [-0.1, -0.05) is 12.8 Å². The molecule has 0 saturated heterocycles. The Morgan fingerprint density at radius 2 is 1.75 bits per heavy atom. The van der Waals surface area contributed by atoms with Crippen LogP contribution >= 0.6 is 0 Å². The van der Waals surface area contributed by atoms with E-state index >= 15 is 0 Å². The molecule has 0 radical (unpaired) electrons. The van der Waals surface area contributed by atoms with Gasteiger partial charge in [0.05, 0.1) is 5.41 Å². The van der Waals surface area contributed by atoms with Crippen molar-refractivity contribution < 1.29 is 9.53 Å². The Bertz CT molecular complexity index is 200. The number of nitrogens with two attached hydrogens (primary N) is 2. The molecular weight excluding hydrogens is 204 g/mol. The first-order valence-corrected chi connectivity index (χ1v) is 6.04. The molecule has 4 N–H and O–H groups in total. The molecule has 1 unspecified atom stereocenters. The van der Waals surface area contributed by atoms with Gasteiger partial charge in [0.2, 0.25) is 0 Å². The summed E-state index contributed by atoms with van der Waals surface area (Å²) in [4.78, 5) is 11.5. The third-order valence-electron chi connectivity index (χ3n) is 2.31. The summed E-state index contributed by atoms with van der Waals surface area (Å²) < 4.78 is 5.14. The molecule has 0 aliphatic rings. The van der Waals surface area contributed by atoms with Gasteiger partial charge in [0.1, 0.15) is 0 Å². The van der Waals surface area contributed by atoms with Gasteiger partial charge in [-0.2, -0.15) is 0 Å². The van der Waals surface area contributed by atoms with E-state index in [2.05, 4.69) is 0 Å². The molecule has 0 heterocycles. The fourth-order valence-electron chi connectivity index (χ4n) is 1.22. The van der Waals surface area contributed by atoms with Gasteiger partial charge in [0.25, 0.3) is 0 Å². The SMILES string of the molecule is CC(C)(C)C(=O)OC(N)CCCCCCN. The van der Waals surface area contributed by atoms with Crippen molar-refractivity contribution in [3.05, 3.63) is 0 Å². The monoisotopic (exact) mass is 230 g/mol. The van der Waals surface area contributed by atoms with E-state index in [4.69, 9.17) is 16.2 Å². The van der Waals surface area contributed by atoms with E-state index in [0.717, 1.165) is 38.6 Å². The highest BCUT2D eigenvalue weighted by molar-refractivity contribution is 5.75. The van der Waals surface area contributed by atoms with Crippen LogP contribution in [0.15, 0.2) is 0 Å². The number of carbonyl (C=O) groups excluding carboxylic acids is 1. The fourth-order valence-corrected chi connectivity index (χ4v) is 1.22. The zero-order valence-corrected chi connectivity index (χ0v) is 10.8. The Kier molecular flexibility index (Phi) is 7.34. The van der Waals surface area contributed by atoms with Crippen molar-refractivity contribution >= 4 is 5.97 Å². The number of unbranched alkanes of at least 4 members (excludes halogenated alkanes) is 3. The van der Waals surface area contributed by atoms with Crippen molar-refractivity contribution in [3.63, 3.8) is 0 Å². The van der Waals surface area contributed by atoms with Gasteiger partial charge >= 0.3 is 5.97 Å². The Balaban J connectivity index is 3.59. The molecule has 4 heteroatoms. The summed E-state index contributed by atoms with van der Waals surface area (Å²) >= 11 is 0. The number of rotatable bonds is 7. The predicted octanol–water partition coefficient (Wildman–Crippen LogP) is 1.77. The first-order valence-electron chi connectivity index (χ1n) is 6.04. The highest BCUT2D eigenvalue weighted by atomic mass is 16.6. The maximum Gasteiger partial charge on any atom is 0.312 e. The van der Waals surface area contributed by atoms with Gasteiger partial charge in [-0.05, 0) is 46.6 Å². The second kappa shape index (κ2) is 7.63. The van der Waals surface area contributed by atoms with Gasteiger partial charge in [0, 0.05) is 0 Å². The molecule has 0 spiro atoms. The van der Waals surface area contributed by atoms with Gasteiger partial charge < -0.3 is 10.5 Å². The lowest BCUT2D eigenvalue weighted by atomic mass is 9.97. The summed E-state index contributed by atoms with van der Waals surface area (Å²) in [6.45, 7) is 6.21. The Morgan fingerprint density at radius 3 is 2.25 bits per heavy atom. The molecule has 16 heavy (non-hydrogen) atoms. The molecule has 0 aromatic heterocycles. The third kappa shape index (κ3) is 7.65. The minimum atomic E-state index is -0.475. The van der Waals surface area contributed by atoms with Gasteiger partial charge in [0.15, 0.2) is 6.23 Å². The third-order valence-corrected chi connectivity index (χ3v) is 2.31. The minimum Gasteiger partial charge on any atom is -0.446 e. The Hall–Kier alpha value is -0.610. The van der Waals surface area contributed by atoms with Crippen LogP contribution in [0.4, 0.5) is 0 Å². The molecule has 0 rings (SSSR count). The van der Waals surface area contributed by atoms with E-state index in [-0.39, 0.29) is 5.97 Å². The lowest BCUT2D eigenvalue weighted by Crippen LogP contribution is -2.33. The summed E-state index contributed by atoms with van der Waals surface area (Å²) in [6, 6.07) is 0. The number of ether oxygens (including phenoxy) is 1. The van der Waals surface area contributed by atoms with Crippen LogP contribution in [-0.4, -0.2) is 18.7 Å². The van der Waals surface area contributed by atoms with E-state index < -0.39 is 11.6 Å². The van der Waals surface area contributed by atoms with Gasteiger partial charge in [-0.15, -0.1) is 0 Å². The van der Waals surface area contributed by atoms with E-state index in [0.29, 0.717) is 0 Å². The van der Waals surface area contributed by atoms with E-state index in [1.54, 1.807) is 0 Å². The normalized spacial score (nSPS) is 13.6. The minimum absolute atomic E-state index is 0.234. The number of carbonyl (C=O) groups is 1. The molecule has 0 aromatic carbocycles. The molecular formula is C12H26N2O2. The molecule has 4 nitrogen and oxygen atoms in total. The second-order valence-electron chi connectivity index (χ2n) is 5.19. The van der Waals surface area contributed by atoms with Crippen molar-refractivity contribution in [2.75, 3.05) is 6.54 Å². The largest absolute Gasteiger partial charge is 0.446 e. The molecule has 0 bridgehead atoms. The molecule has 0 aromatic rings. The smallest absolute Gasteiger partial charge is 0.312 e. The van der Waals surface area contributed by atoms with Crippen molar-refractivity contribution in [2.45, 2.75) is 59.1 Å². The summed E-state index contributed by atoms with van der Waals surface area (Å²) in [5.41, 5.74) is 10.6. The zero-order valence-electron chi connectivity index (χ0n) is 10.8. The van der Waals surface area contributed by atoms with Crippen molar-refractivity contribution in [1.82, 2.24) is 0 Å². The van der Waals surface area contributed by atoms with Gasteiger partial charge in [-0.3, -0.25) is 10.5 Å². The van der Waals surface area contributed by atoms with E-state index in [9.17, 15) is 4.79 Å². The molecule has 0 aliphatic carbocycles. The Labute approximate surface area is 98.7 Å². The average Bonchev–Trinajstić information content (AvgIpc) is 2.16. The van der Waals surface area contributed by atoms with Crippen LogP contribution in [0.2, 0.25) is 0 Å². The first-order chi connectivity index (χ1) is 7.38. The molecule has 96 valence electrons. The standard InChI is InChI=1S/C12H26N2O2/c1-12(2,3)11(15)16-10(14)8-6-4-5-7-9-13/h10H,4-9,13-14H2,1-3H3. The van der Waals surface area contributed by atoms with Gasteiger partial charge in [-0.25, -0.2) is 0 Å². The number of hydrogen-bond donors (Lipinski definition) is 2. The molecule has 0 aliphatic heterocycles. The molecule has 0 saturated carbocycles. The topological polar surface area (TPSA) is 78.3 Å². The summed E-state index contributed by atoms with van der Waals surface area (Å²) in [6.07, 6.45) is 4.51. The van der Waals surface area contributed by atoms with Crippen LogP contribution in [-0.2, 0) is 9.53 Å². The maximum atomic E-state index is 11.5. The summed E-state index contributed by atoms with van der Waals surface area (Å²) in [5, 5.41) is 0. The molecule has 0 fully saturated rings. The fraction of sp³-hybridized carbons (Fsp3) is 0.917. The van der Waals surface area contributed by atoms with E-state index in [1.165, 1.54) is 0 Å². The van der Waals surface area contributed by atoms with Crippen LogP contribution in [0.1, 0.15) is 52.9 Å². The highest BCUT2D eigenvalue weighted by Crippen LogP contribution is 2.16. The number of hydrogen-bond acceptors (Lipinski definition) is 4. The van der Waals surface area contributed by atoms with Crippen molar-refractivity contribution in [3.8, 4) is 0 Å². The van der Waals surface area contributed by atoms with Crippen LogP contribution in [0.3, 0.4) is 0 Å².